The monoisotopic (exact) mass is 423 g/mol. The Hall–Kier alpha value is -1.85. The molecule has 0 heterocycles. The quantitative estimate of drug-likeness (QED) is 0.602. The van der Waals surface area contributed by atoms with Gasteiger partial charge in [-0.25, -0.2) is 4.79 Å². The molecular formula is C23H34ClNO4. The summed E-state index contributed by atoms with van der Waals surface area (Å²) in [7, 11) is 0. The molecule has 2 N–H and O–H groups in total. The van der Waals surface area contributed by atoms with Gasteiger partial charge in [0.1, 0.15) is 5.60 Å². The van der Waals surface area contributed by atoms with Crippen molar-refractivity contribution < 1.29 is 19.4 Å². The molecule has 6 heteroatoms. The molecule has 3 unspecified atom stereocenters. The molecule has 0 aliphatic rings. The number of aliphatic hydroxyl groups is 1. The van der Waals surface area contributed by atoms with Crippen LogP contribution in [0.2, 0.25) is 0 Å². The Kier molecular flexibility index (Phi) is 9.87. The van der Waals surface area contributed by atoms with E-state index in [2.05, 4.69) is 5.32 Å². The van der Waals surface area contributed by atoms with Crippen LogP contribution in [0.1, 0.15) is 47.1 Å². The van der Waals surface area contributed by atoms with Gasteiger partial charge in [-0.1, -0.05) is 61.9 Å². The molecule has 3 atom stereocenters. The van der Waals surface area contributed by atoms with E-state index in [9.17, 15) is 14.7 Å². The van der Waals surface area contributed by atoms with Gasteiger partial charge in [-0.3, -0.25) is 4.79 Å². The van der Waals surface area contributed by atoms with Crippen LogP contribution in [0.3, 0.4) is 0 Å². The van der Waals surface area contributed by atoms with Crippen molar-refractivity contribution in [2.45, 2.75) is 59.6 Å². The van der Waals surface area contributed by atoms with Gasteiger partial charge in [0.2, 0.25) is 0 Å². The number of ether oxygens (including phenoxy) is 1. The number of halogens is 1. The second-order valence-electron chi connectivity index (χ2n) is 8.67. The molecule has 1 aromatic rings. The third kappa shape index (κ3) is 9.01. The Morgan fingerprint density at radius 3 is 2.24 bits per heavy atom. The van der Waals surface area contributed by atoms with E-state index in [-0.39, 0.29) is 18.3 Å². The Morgan fingerprint density at radius 2 is 1.79 bits per heavy atom. The second-order valence-corrected chi connectivity index (χ2v) is 9.26. The van der Waals surface area contributed by atoms with Crippen molar-refractivity contribution in [1.29, 1.82) is 0 Å². The fourth-order valence-electron chi connectivity index (χ4n) is 3.15. The lowest BCUT2D eigenvalue weighted by Crippen LogP contribution is -2.50. The first-order valence-corrected chi connectivity index (χ1v) is 10.3. The highest BCUT2D eigenvalue weighted by Crippen LogP contribution is 2.25. The van der Waals surface area contributed by atoms with Gasteiger partial charge in [0.15, 0.2) is 5.78 Å². The third-order valence-corrected chi connectivity index (χ3v) is 4.61. The number of rotatable bonds is 9. The molecule has 0 aromatic heterocycles. The molecule has 0 aliphatic carbocycles. The van der Waals surface area contributed by atoms with Gasteiger partial charge in [-0.05, 0) is 45.6 Å². The predicted octanol–water partition coefficient (Wildman–Crippen LogP) is 4.71. The van der Waals surface area contributed by atoms with Gasteiger partial charge in [-0.15, -0.1) is 0 Å². The number of Topliss-reactive ketones (excluding diaryl/α,β-unsaturated/α-hetero) is 1. The molecule has 0 fully saturated rings. The van der Waals surface area contributed by atoms with Gasteiger partial charge in [0, 0.05) is 16.9 Å². The minimum Gasteiger partial charge on any atom is -0.444 e. The number of allylic oxidation sites excluding steroid dienone is 1. The van der Waals surface area contributed by atoms with Crippen molar-refractivity contribution in [3.63, 3.8) is 0 Å². The summed E-state index contributed by atoms with van der Waals surface area (Å²) in [5, 5.41) is 13.2. The summed E-state index contributed by atoms with van der Waals surface area (Å²) < 4.78 is 5.33. The Morgan fingerprint density at radius 1 is 1.21 bits per heavy atom. The number of hydrogen-bond donors (Lipinski definition) is 2. The number of alkyl carbamates (subject to hydrolysis) is 1. The second kappa shape index (κ2) is 11.4. The third-order valence-electron chi connectivity index (χ3n) is 4.48. The Bertz CT molecular complexity index is 691. The first-order chi connectivity index (χ1) is 13.4. The van der Waals surface area contributed by atoms with Gasteiger partial charge in [0.05, 0.1) is 12.6 Å². The van der Waals surface area contributed by atoms with E-state index in [1.165, 1.54) is 0 Å². The molecule has 0 aliphatic heterocycles. The highest BCUT2D eigenvalue weighted by molar-refractivity contribution is 6.29. The van der Waals surface area contributed by atoms with Crippen LogP contribution in [-0.4, -0.2) is 35.2 Å². The molecular weight excluding hydrogens is 390 g/mol. The summed E-state index contributed by atoms with van der Waals surface area (Å²) in [5.74, 6) is -1.29. The standard InChI is InChI=1S/C23H34ClNO4/c1-15(2)20(25-22(28)29-23(4,5)6)21(27)19(18(14-26)12-16(3)24)13-17-10-8-7-9-11-17/h7-12,15,18-20,26H,13-14H2,1-6H3,(H,25,28)/b16-12-. The lowest BCUT2D eigenvalue weighted by molar-refractivity contribution is -0.127. The molecule has 0 spiro atoms. The zero-order chi connectivity index (χ0) is 22.2. The summed E-state index contributed by atoms with van der Waals surface area (Å²) in [6.07, 6.45) is 1.51. The summed E-state index contributed by atoms with van der Waals surface area (Å²) in [4.78, 5) is 25.8. The molecule has 1 amide bonds. The SMILES string of the molecule is C/C(Cl)=C/C(CO)C(Cc1ccccc1)C(=O)C(NC(=O)OC(C)(C)C)C(C)C. The number of amides is 1. The summed E-state index contributed by atoms with van der Waals surface area (Å²) >= 11 is 6.05. The van der Waals surface area contributed by atoms with Crippen LogP contribution < -0.4 is 5.32 Å². The summed E-state index contributed by atoms with van der Waals surface area (Å²) in [6.45, 7) is 10.6. The van der Waals surface area contributed by atoms with E-state index in [0.29, 0.717) is 11.5 Å². The molecule has 5 nitrogen and oxygen atoms in total. The molecule has 0 saturated carbocycles. The fraction of sp³-hybridized carbons (Fsp3) is 0.565. The van der Waals surface area contributed by atoms with E-state index in [0.717, 1.165) is 5.56 Å². The lowest BCUT2D eigenvalue weighted by Gasteiger charge is -2.30. The van der Waals surface area contributed by atoms with E-state index < -0.39 is 29.6 Å². The van der Waals surface area contributed by atoms with Crippen LogP contribution in [0.15, 0.2) is 41.4 Å². The van der Waals surface area contributed by atoms with Crippen molar-refractivity contribution in [2.75, 3.05) is 6.61 Å². The summed E-state index contributed by atoms with van der Waals surface area (Å²) in [5.41, 5.74) is 0.314. The average Bonchev–Trinajstić information content (AvgIpc) is 2.61. The Balaban J connectivity index is 3.19. The van der Waals surface area contributed by atoms with Gasteiger partial charge in [-0.2, -0.15) is 0 Å². The lowest BCUT2D eigenvalue weighted by atomic mass is 9.79. The highest BCUT2D eigenvalue weighted by atomic mass is 35.5. The van der Waals surface area contributed by atoms with Gasteiger partial charge >= 0.3 is 6.09 Å². The number of hydrogen-bond acceptors (Lipinski definition) is 4. The minimum atomic E-state index is -0.739. The highest BCUT2D eigenvalue weighted by Gasteiger charge is 2.35. The van der Waals surface area contributed by atoms with Crippen LogP contribution in [0.5, 0.6) is 0 Å². The minimum absolute atomic E-state index is 0.145. The zero-order valence-corrected chi connectivity index (χ0v) is 19.0. The zero-order valence-electron chi connectivity index (χ0n) is 18.2. The normalized spacial score (nSPS) is 15.6. The van der Waals surface area contributed by atoms with Crippen LogP contribution in [0, 0.1) is 17.8 Å². The van der Waals surface area contributed by atoms with E-state index in [1.807, 2.05) is 44.2 Å². The number of aliphatic hydroxyl groups excluding tert-OH is 1. The first kappa shape index (κ1) is 25.2. The number of nitrogens with one attached hydrogen (secondary N) is 1. The van der Waals surface area contributed by atoms with Crippen LogP contribution >= 0.6 is 11.6 Å². The molecule has 162 valence electrons. The maximum Gasteiger partial charge on any atom is 0.408 e. The van der Waals surface area contributed by atoms with Crippen LogP contribution in [-0.2, 0) is 16.0 Å². The molecule has 0 bridgehead atoms. The predicted molar refractivity (Wildman–Crippen MR) is 117 cm³/mol. The number of benzene rings is 1. The van der Waals surface area contributed by atoms with Crippen molar-refractivity contribution in [3.05, 3.63) is 47.0 Å². The van der Waals surface area contributed by atoms with E-state index in [4.69, 9.17) is 16.3 Å². The molecule has 0 saturated heterocycles. The first-order valence-electron chi connectivity index (χ1n) is 9.96. The average molecular weight is 424 g/mol. The maximum absolute atomic E-state index is 13.5. The van der Waals surface area contributed by atoms with Gasteiger partial charge < -0.3 is 15.2 Å². The van der Waals surface area contributed by atoms with E-state index in [1.54, 1.807) is 33.8 Å². The fourth-order valence-corrected chi connectivity index (χ4v) is 3.32. The molecule has 29 heavy (non-hydrogen) atoms. The molecule has 1 aromatic carbocycles. The molecule has 0 radical (unpaired) electrons. The largest absolute Gasteiger partial charge is 0.444 e. The van der Waals surface area contributed by atoms with Crippen molar-refractivity contribution in [3.8, 4) is 0 Å². The number of carbonyl (C=O) groups is 2. The van der Waals surface area contributed by atoms with E-state index >= 15 is 0 Å². The molecule has 1 rings (SSSR count). The van der Waals surface area contributed by atoms with Gasteiger partial charge in [0.25, 0.3) is 0 Å². The Labute approximate surface area is 179 Å². The topological polar surface area (TPSA) is 75.6 Å². The number of carbonyl (C=O) groups excluding carboxylic acids is 2. The van der Waals surface area contributed by atoms with Crippen molar-refractivity contribution >= 4 is 23.5 Å². The van der Waals surface area contributed by atoms with Crippen LogP contribution in [0.25, 0.3) is 0 Å². The van der Waals surface area contributed by atoms with Crippen molar-refractivity contribution in [1.82, 2.24) is 5.32 Å². The summed E-state index contributed by atoms with van der Waals surface area (Å²) in [6, 6.07) is 8.87. The van der Waals surface area contributed by atoms with Crippen LogP contribution in [0.4, 0.5) is 4.79 Å². The smallest absolute Gasteiger partial charge is 0.408 e. The van der Waals surface area contributed by atoms with Crippen molar-refractivity contribution in [2.24, 2.45) is 17.8 Å². The maximum atomic E-state index is 13.5. The number of ketones is 1.